The van der Waals surface area contributed by atoms with E-state index in [1.54, 1.807) is 32.0 Å². The zero-order valence-electron chi connectivity index (χ0n) is 20.4. The summed E-state index contributed by atoms with van der Waals surface area (Å²) < 4.78 is 50.7. The van der Waals surface area contributed by atoms with Crippen molar-refractivity contribution in [2.24, 2.45) is 0 Å². The molecule has 1 saturated heterocycles. The van der Waals surface area contributed by atoms with Crippen LogP contribution in [0.4, 0.5) is 10.2 Å². The number of aliphatic hydroxyl groups excluding tert-OH is 1. The Morgan fingerprint density at radius 1 is 1.41 bits per heavy atom. The molecule has 1 unspecified atom stereocenters. The Balaban J connectivity index is 1.83. The molecule has 1 aromatic heterocycles. The maximum Gasteiger partial charge on any atom is 0.459 e. The molecule has 12 nitrogen and oxygen atoms in total. The van der Waals surface area contributed by atoms with Crippen molar-refractivity contribution in [2.45, 2.75) is 57.3 Å². The summed E-state index contributed by atoms with van der Waals surface area (Å²) in [4.78, 5) is 27.9. The largest absolute Gasteiger partial charge is 0.462 e. The molecule has 0 saturated carbocycles. The second-order valence-corrected chi connectivity index (χ2v) is 10.7. The Morgan fingerprint density at radius 2 is 2.08 bits per heavy atom. The Bertz CT molecular complexity index is 1200. The summed E-state index contributed by atoms with van der Waals surface area (Å²) in [5.74, 6) is -2.42. The predicted octanol–water partition coefficient (Wildman–Crippen LogP) is 2.36. The molecular weight excluding hydrogens is 534 g/mol. The lowest BCUT2D eigenvalue weighted by Crippen LogP contribution is -2.47. The number of nitrogens with zero attached hydrogens (tertiary/aromatic N) is 2. The molecule has 1 aliphatic heterocycles. The number of aliphatic hydroxyl groups is 1. The van der Waals surface area contributed by atoms with Crippen LogP contribution in [0.25, 0.3) is 0 Å². The van der Waals surface area contributed by atoms with E-state index in [2.05, 4.69) is 10.1 Å². The molecule has 204 valence electrons. The van der Waals surface area contributed by atoms with Gasteiger partial charge in [-0.05, 0) is 32.9 Å². The van der Waals surface area contributed by atoms with Gasteiger partial charge in [0, 0.05) is 6.42 Å². The number of aromatic nitrogens is 2. The summed E-state index contributed by atoms with van der Waals surface area (Å²) in [5, 5.41) is 13.3. The fraction of sp³-hybridized carbons (Fsp3) is 0.500. The van der Waals surface area contributed by atoms with Crippen LogP contribution in [0.5, 0.6) is 5.75 Å². The van der Waals surface area contributed by atoms with Gasteiger partial charge in [0.25, 0.3) is 0 Å². The topological polar surface area (TPSA) is 164 Å². The first kappa shape index (κ1) is 29.0. The molecule has 0 aliphatic carbocycles. The van der Waals surface area contributed by atoms with E-state index in [1.807, 2.05) is 0 Å². The summed E-state index contributed by atoms with van der Waals surface area (Å²) in [5.41, 5.74) is 2.74. The summed E-state index contributed by atoms with van der Waals surface area (Å²) in [6, 6.07) is 6.95. The van der Waals surface area contributed by atoms with E-state index in [1.165, 1.54) is 19.1 Å². The van der Waals surface area contributed by atoms with Crippen LogP contribution in [0.1, 0.15) is 33.4 Å². The molecule has 4 N–H and O–H groups in total. The number of hydrogen-bond donors (Lipinski definition) is 3. The first-order valence-corrected chi connectivity index (χ1v) is 13.4. The van der Waals surface area contributed by atoms with Gasteiger partial charge in [0.05, 0.1) is 30.9 Å². The van der Waals surface area contributed by atoms with Crippen LogP contribution in [0.15, 0.2) is 41.3 Å². The second kappa shape index (κ2) is 11.9. The highest BCUT2D eigenvalue weighted by Crippen LogP contribution is 2.48. The van der Waals surface area contributed by atoms with Crippen LogP contribution in [0, 0.1) is 5.82 Å². The number of halogens is 2. The highest BCUT2D eigenvalue weighted by atomic mass is 35.5. The monoisotopic (exact) mass is 562 g/mol. The third-order valence-electron chi connectivity index (χ3n) is 5.38. The molecule has 0 radical (unpaired) electrons. The number of esters is 1. The van der Waals surface area contributed by atoms with Gasteiger partial charge in [-0.25, -0.2) is 13.8 Å². The van der Waals surface area contributed by atoms with Crippen LogP contribution in [0.3, 0.4) is 0 Å². The van der Waals surface area contributed by atoms with Crippen molar-refractivity contribution in [3.05, 3.63) is 52.8 Å². The maximum absolute atomic E-state index is 13.9. The molecule has 0 amide bonds. The summed E-state index contributed by atoms with van der Waals surface area (Å²) in [6.45, 7) is 4.15. The Hall–Kier alpha value is -2.54. The molecule has 37 heavy (non-hydrogen) atoms. The van der Waals surface area contributed by atoms with Gasteiger partial charge in [0.2, 0.25) is 0 Å². The van der Waals surface area contributed by atoms with E-state index in [9.17, 15) is 23.7 Å². The minimum absolute atomic E-state index is 0.170. The van der Waals surface area contributed by atoms with Crippen molar-refractivity contribution in [3.63, 3.8) is 0 Å². The predicted molar refractivity (Wildman–Crippen MR) is 132 cm³/mol. The average Bonchev–Trinajstić information content (AvgIpc) is 3.16. The molecular formula is C22H29ClFN4O8P. The van der Waals surface area contributed by atoms with E-state index in [-0.39, 0.29) is 18.1 Å². The highest BCUT2D eigenvalue weighted by Gasteiger charge is 2.51. The molecule has 1 fully saturated rings. The van der Waals surface area contributed by atoms with Crippen molar-refractivity contribution in [1.82, 2.24) is 14.6 Å². The molecule has 0 bridgehead atoms. The van der Waals surface area contributed by atoms with Crippen molar-refractivity contribution < 1.29 is 37.4 Å². The summed E-state index contributed by atoms with van der Waals surface area (Å²) in [6.07, 6.45) is -2.29. The number of hydrogen-bond acceptors (Lipinski definition) is 10. The second-order valence-electron chi connectivity index (χ2n) is 8.70. The average molecular weight is 563 g/mol. The van der Waals surface area contributed by atoms with Crippen LogP contribution in [-0.4, -0.2) is 57.0 Å². The highest BCUT2D eigenvalue weighted by molar-refractivity contribution is 7.52. The van der Waals surface area contributed by atoms with Gasteiger partial charge in [-0.2, -0.15) is 10.1 Å². The van der Waals surface area contributed by atoms with E-state index in [0.717, 1.165) is 10.8 Å². The molecule has 15 heteroatoms. The maximum atomic E-state index is 13.9. The molecule has 1 aromatic carbocycles. The zero-order valence-corrected chi connectivity index (χ0v) is 22.0. The standard InChI is InChI=1S/C22H29ClFN4O8P/c1-13(2)34-20(30)14(3)27-37(32,36-15-7-5-4-6-8-15)33-12-22(11-23)17(29)9-18(35-22)28-10-16(24)19(25)26-21(28)31/h4-8,10,13-14,17-18,29H,9,11-12H2,1-3H3,(H,27,32)(H2,25,26,31)/t14-,17-,18+,22+,37?/m0/s1. The van der Waals surface area contributed by atoms with E-state index in [4.69, 9.17) is 35.9 Å². The Labute approximate surface area is 217 Å². The fourth-order valence-corrected chi connectivity index (χ4v) is 5.32. The number of nitrogen functional groups attached to an aromatic ring is 1. The van der Waals surface area contributed by atoms with Crippen LogP contribution >= 0.6 is 19.3 Å². The number of anilines is 1. The number of ether oxygens (including phenoxy) is 2. The van der Waals surface area contributed by atoms with Crippen molar-refractivity contribution >= 4 is 31.1 Å². The molecule has 0 spiro atoms. The number of rotatable bonds is 11. The van der Waals surface area contributed by atoms with Crippen molar-refractivity contribution in [2.75, 3.05) is 18.2 Å². The van der Waals surface area contributed by atoms with Gasteiger partial charge >= 0.3 is 19.4 Å². The number of para-hydroxylation sites is 1. The molecule has 1 aliphatic rings. The van der Waals surface area contributed by atoms with E-state index < -0.39 is 67.7 Å². The van der Waals surface area contributed by atoms with Crippen molar-refractivity contribution in [1.29, 1.82) is 0 Å². The van der Waals surface area contributed by atoms with Gasteiger partial charge < -0.3 is 24.8 Å². The molecule has 2 heterocycles. The summed E-state index contributed by atoms with van der Waals surface area (Å²) in [7, 11) is -4.30. The molecule has 2 aromatic rings. The minimum Gasteiger partial charge on any atom is -0.462 e. The summed E-state index contributed by atoms with van der Waals surface area (Å²) >= 11 is 6.12. The number of benzene rings is 1. The van der Waals surface area contributed by atoms with Gasteiger partial charge in [-0.15, -0.1) is 11.6 Å². The third-order valence-corrected chi connectivity index (χ3v) is 7.45. The number of nitrogens with two attached hydrogens (primary N) is 1. The molecule has 5 atom stereocenters. The van der Waals surface area contributed by atoms with Gasteiger partial charge in [-0.1, -0.05) is 18.2 Å². The zero-order chi connectivity index (χ0) is 27.4. The first-order valence-electron chi connectivity index (χ1n) is 11.3. The Kier molecular flexibility index (Phi) is 9.32. The lowest BCUT2D eigenvalue weighted by atomic mass is 10.0. The first-order chi connectivity index (χ1) is 17.4. The third kappa shape index (κ3) is 7.07. The lowest BCUT2D eigenvalue weighted by molar-refractivity contribution is -0.149. The number of nitrogens with one attached hydrogen (secondary N) is 1. The van der Waals surface area contributed by atoms with Gasteiger partial charge in [-0.3, -0.25) is 13.9 Å². The van der Waals surface area contributed by atoms with Crippen LogP contribution < -0.4 is 21.0 Å². The minimum atomic E-state index is -4.30. The van der Waals surface area contributed by atoms with E-state index >= 15 is 0 Å². The molecule has 3 rings (SSSR count). The van der Waals surface area contributed by atoms with Gasteiger partial charge in [0.15, 0.2) is 11.6 Å². The van der Waals surface area contributed by atoms with Gasteiger partial charge in [0.1, 0.15) is 23.6 Å². The van der Waals surface area contributed by atoms with Crippen LogP contribution in [-0.2, 0) is 23.4 Å². The van der Waals surface area contributed by atoms with Crippen LogP contribution in [0.2, 0.25) is 0 Å². The fourth-order valence-electron chi connectivity index (χ4n) is 3.46. The number of carbonyl (C=O) groups is 1. The number of alkyl halides is 1. The quantitative estimate of drug-likeness (QED) is 0.209. The van der Waals surface area contributed by atoms with Crippen molar-refractivity contribution in [3.8, 4) is 5.75 Å². The smallest absolute Gasteiger partial charge is 0.459 e. The lowest BCUT2D eigenvalue weighted by Gasteiger charge is -2.32. The van der Waals surface area contributed by atoms with E-state index in [0.29, 0.717) is 0 Å². The Morgan fingerprint density at radius 3 is 2.70 bits per heavy atom. The normalized spacial score (nSPS) is 24.0. The number of carbonyl (C=O) groups excluding carboxylic acids is 1. The SMILES string of the molecule is CC(C)OC(=O)[C@H](C)NP(=O)(OC[C@@]1(CCl)O[C@@H](n2cc(F)c(N)nc2=O)C[C@@H]1O)Oc1ccccc1.